The summed E-state index contributed by atoms with van der Waals surface area (Å²) in [5.41, 5.74) is 0.731. The third-order valence-corrected chi connectivity index (χ3v) is 4.72. The lowest BCUT2D eigenvalue weighted by molar-refractivity contribution is 0.169. The van der Waals surface area contributed by atoms with Gasteiger partial charge in [-0.3, -0.25) is 0 Å². The van der Waals surface area contributed by atoms with Crippen molar-refractivity contribution in [3.8, 4) is 17.2 Å². The van der Waals surface area contributed by atoms with Gasteiger partial charge in [0.25, 0.3) is 0 Å². The Morgan fingerprint density at radius 1 is 1.30 bits per heavy atom. The van der Waals surface area contributed by atoms with E-state index in [9.17, 15) is 5.11 Å². The van der Waals surface area contributed by atoms with Gasteiger partial charge >= 0.3 is 0 Å². The van der Waals surface area contributed by atoms with Crippen LogP contribution in [0.5, 0.6) is 17.2 Å². The zero-order valence-corrected chi connectivity index (χ0v) is 13.2. The molecule has 3 rings (SSSR count). The summed E-state index contributed by atoms with van der Waals surface area (Å²) >= 11 is 4.93. The second kappa shape index (κ2) is 5.63. The first-order valence-corrected chi connectivity index (χ1v) is 7.76. The van der Waals surface area contributed by atoms with E-state index in [-0.39, 0.29) is 0 Å². The van der Waals surface area contributed by atoms with E-state index in [0.717, 1.165) is 14.9 Å². The minimum atomic E-state index is -0.768. The molecule has 0 saturated carbocycles. The van der Waals surface area contributed by atoms with Crippen LogP contribution in [-0.4, -0.2) is 25.4 Å². The fourth-order valence-electron chi connectivity index (χ4n) is 2.11. The van der Waals surface area contributed by atoms with Gasteiger partial charge in [-0.15, -0.1) is 11.3 Å². The number of hydrogen-bond donors (Lipinski definition) is 1. The van der Waals surface area contributed by atoms with Crippen molar-refractivity contribution in [2.24, 2.45) is 0 Å². The van der Waals surface area contributed by atoms with Gasteiger partial charge < -0.3 is 19.3 Å². The quantitative estimate of drug-likeness (QED) is 0.915. The first-order chi connectivity index (χ1) is 9.70. The molecule has 0 bridgehead atoms. The van der Waals surface area contributed by atoms with E-state index in [4.69, 9.17) is 14.2 Å². The normalized spacial score (nSPS) is 14.9. The molecule has 2 aromatic rings. The Bertz CT molecular complexity index is 626. The van der Waals surface area contributed by atoms with Crippen molar-refractivity contribution in [1.29, 1.82) is 0 Å². The molecule has 0 spiro atoms. The van der Waals surface area contributed by atoms with Crippen LogP contribution >= 0.6 is 27.3 Å². The fraction of sp³-hybridized carbons (Fsp3) is 0.286. The van der Waals surface area contributed by atoms with E-state index in [1.165, 1.54) is 11.3 Å². The summed E-state index contributed by atoms with van der Waals surface area (Å²) in [7, 11) is 1.59. The lowest BCUT2D eigenvalue weighted by Crippen LogP contribution is -2.16. The van der Waals surface area contributed by atoms with E-state index in [2.05, 4.69) is 15.9 Å². The number of benzene rings is 1. The Balaban J connectivity index is 2.01. The van der Waals surface area contributed by atoms with Gasteiger partial charge in [-0.2, -0.15) is 0 Å². The van der Waals surface area contributed by atoms with Crippen molar-refractivity contribution in [1.82, 2.24) is 0 Å². The second-order valence-corrected chi connectivity index (χ2v) is 6.08. The lowest BCUT2D eigenvalue weighted by atomic mass is 10.1. The summed E-state index contributed by atoms with van der Waals surface area (Å²) in [6.45, 7) is 1.06. The van der Waals surface area contributed by atoms with E-state index in [0.29, 0.717) is 30.5 Å². The number of thiophene rings is 1. The largest absolute Gasteiger partial charge is 0.495 e. The number of aliphatic hydroxyl groups excluding tert-OH is 1. The van der Waals surface area contributed by atoms with E-state index < -0.39 is 6.10 Å². The highest BCUT2D eigenvalue weighted by molar-refractivity contribution is 9.10. The predicted octanol–water partition coefficient (Wildman–Crippen LogP) is 3.37. The van der Waals surface area contributed by atoms with Crippen LogP contribution in [0.15, 0.2) is 28.1 Å². The third kappa shape index (κ3) is 2.39. The van der Waals surface area contributed by atoms with Gasteiger partial charge in [0.2, 0.25) is 0 Å². The van der Waals surface area contributed by atoms with Crippen LogP contribution in [0.25, 0.3) is 0 Å². The molecule has 1 aromatic carbocycles. The molecule has 1 aromatic heterocycles. The number of methoxy groups -OCH3 is 1. The van der Waals surface area contributed by atoms with Crippen LogP contribution in [-0.2, 0) is 0 Å². The molecule has 0 amide bonds. The van der Waals surface area contributed by atoms with Gasteiger partial charge in [0.1, 0.15) is 25.1 Å². The number of aliphatic hydroxyl groups is 1. The topological polar surface area (TPSA) is 47.9 Å². The standard InChI is InChI=1S/C14H13BrO4S/c1-17-10-2-5-20-14(10)13(16)8-6-11-12(7-9(8)15)19-4-3-18-11/h2,5-7,13,16H,3-4H2,1H3. The first-order valence-electron chi connectivity index (χ1n) is 6.09. The molecular formula is C14H13BrO4S. The molecule has 1 atom stereocenters. The molecule has 106 valence electrons. The number of rotatable bonds is 3. The molecule has 4 nitrogen and oxygen atoms in total. The zero-order valence-electron chi connectivity index (χ0n) is 10.8. The molecule has 0 radical (unpaired) electrons. The summed E-state index contributed by atoms with van der Waals surface area (Å²) in [5.74, 6) is 2.03. The summed E-state index contributed by atoms with van der Waals surface area (Å²) < 4.78 is 17.1. The summed E-state index contributed by atoms with van der Waals surface area (Å²) in [6, 6.07) is 5.48. The van der Waals surface area contributed by atoms with Crippen molar-refractivity contribution in [2.75, 3.05) is 20.3 Å². The minimum Gasteiger partial charge on any atom is -0.495 e. The van der Waals surface area contributed by atoms with Crippen molar-refractivity contribution in [2.45, 2.75) is 6.10 Å². The Labute approximate surface area is 129 Å². The molecule has 1 unspecified atom stereocenters. The predicted molar refractivity (Wildman–Crippen MR) is 80.1 cm³/mol. The smallest absolute Gasteiger partial charge is 0.162 e. The second-order valence-electron chi connectivity index (χ2n) is 4.27. The maximum Gasteiger partial charge on any atom is 0.162 e. The number of halogens is 1. The van der Waals surface area contributed by atoms with Crippen LogP contribution in [0.4, 0.5) is 0 Å². The van der Waals surface area contributed by atoms with E-state index in [1.807, 2.05) is 23.6 Å². The molecule has 0 saturated heterocycles. The Morgan fingerprint density at radius 3 is 2.70 bits per heavy atom. The molecule has 20 heavy (non-hydrogen) atoms. The highest BCUT2D eigenvalue weighted by atomic mass is 79.9. The van der Waals surface area contributed by atoms with Crippen LogP contribution in [0.3, 0.4) is 0 Å². The Hall–Kier alpha value is -1.24. The van der Waals surface area contributed by atoms with Crippen LogP contribution < -0.4 is 14.2 Å². The van der Waals surface area contributed by atoms with Crippen molar-refractivity contribution >= 4 is 27.3 Å². The average molecular weight is 357 g/mol. The molecule has 2 heterocycles. The first kappa shape index (κ1) is 13.7. The van der Waals surface area contributed by atoms with Gasteiger partial charge in [-0.1, -0.05) is 15.9 Å². The maximum atomic E-state index is 10.6. The van der Waals surface area contributed by atoms with E-state index >= 15 is 0 Å². The SMILES string of the molecule is COc1ccsc1C(O)c1cc2c(cc1Br)OCCO2. The third-order valence-electron chi connectivity index (χ3n) is 3.08. The van der Waals surface area contributed by atoms with Gasteiger partial charge in [0.15, 0.2) is 11.5 Å². The molecule has 1 aliphatic rings. The molecule has 1 N–H and O–H groups in total. The van der Waals surface area contributed by atoms with Crippen LogP contribution in [0.1, 0.15) is 16.5 Å². The molecule has 6 heteroatoms. The Morgan fingerprint density at radius 2 is 2.00 bits per heavy atom. The summed E-state index contributed by atoms with van der Waals surface area (Å²) in [4.78, 5) is 0.768. The highest BCUT2D eigenvalue weighted by Gasteiger charge is 2.23. The Kier molecular flexibility index (Phi) is 3.87. The number of fused-ring (bicyclic) bond motifs is 1. The van der Waals surface area contributed by atoms with Gasteiger partial charge in [0, 0.05) is 10.0 Å². The molecule has 0 aliphatic carbocycles. The van der Waals surface area contributed by atoms with Crippen LogP contribution in [0.2, 0.25) is 0 Å². The number of hydrogen-bond acceptors (Lipinski definition) is 5. The van der Waals surface area contributed by atoms with Crippen molar-refractivity contribution in [3.05, 3.63) is 38.5 Å². The fourth-order valence-corrected chi connectivity index (χ4v) is 3.51. The van der Waals surface area contributed by atoms with Gasteiger partial charge in [0.05, 0.1) is 12.0 Å². The molecular weight excluding hydrogens is 344 g/mol. The molecule has 0 fully saturated rings. The van der Waals surface area contributed by atoms with Crippen LogP contribution in [0, 0.1) is 0 Å². The summed E-state index contributed by atoms with van der Waals surface area (Å²) in [5, 5.41) is 12.5. The van der Waals surface area contributed by atoms with Crippen molar-refractivity contribution in [3.63, 3.8) is 0 Å². The van der Waals surface area contributed by atoms with E-state index in [1.54, 1.807) is 7.11 Å². The minimum absolute atomic E-state index is 0.520. The average Bonchev–Trinajstić information content (AvgIpc) is 2.94. The maximum absolute atomic E-state index is 10.6. The molecule has 1 aliphatic heterocycles. The highest BCUT2D eigenvalue weighted by Crippen LogP contribution is 2.42. The monoisotopic (exact) mass is 356 g/mol. The summed E-state index contributed by atoms with van der Waals surface area (Å²) in [6.07, 6.45) is -0.768. The van der Waals surface area contributed by atoms with Gasteiger partial charge in [-0.25, -0.2) is 0 Å². The van der Waals surface area contributed by atoms with Gasteiger partial charge in [-0.05, 0) is 23.6 Å². The van der Waals surface area contributed by atoms with Crippen molar-refractivity contribution < 1.29 is 19.3 Å². The zero-order chi connectivity index (χ0) is 14.1. The lowest BCUT2D eigenvalue weighted by Gasteiger charge is -2.21. The number of ether oxygens (including phenoxy) is 3.